The first kappa shape index (κ1) is 22.6. The summed E-state index contributed by atoms with van der Waals surface area (Å²) in [6.45, 7) is 4.26. The number of halogens is 1. The Labute approximate surface area is 211 Å². The summed E-state index contributed by atoms with van der Waals surface area (Å²) >= 11 is 6.44. The Kier molecular flexibility index (Phi) is 6.02. The summed E-state index contributed by atoms with van der Waals surface area (Å²) in [6, 6.07) is 7.04. The number of rotatable bonds is 8. The molecule has 3 fully saturated rings. The Balaban J connectivity index is 1.22. The van der Waals surface area contributed by atoms with Gasteiger partial charge in [-0.25, -0.2) is 4.98 Å². The van der Waals surface area contributed by atoms with Gasteiger partial charge < -0.3 is 20.3 Å². The number of likely N-dealkylation sites (tertiary alicyclic amines) is 1. The number of ether oxygens (including phenoxy) is 1. The third-order valence-corrected chi connectivity index (χ3v) is 7.37. The average Bonchev–Trinajstić information content (AvgIpc) is 3.78. The fraction of sp³-hybridized carbons (Fsp3) is 0.500. The molecule has 0 amide bonds. The van der Waals surface area contributed by atoms with Gasteiger partial charge in [-0.3, -0.25) is 4.68 Å². The molecule has 0 bridgehead atoms. The van der Waals surface area contributed by atoms with Crippen molar-refractivity contribution in [3.63, 3.8) is 0 Å². The molecular weight excluding hydrogens is 462 g/mol. The van der Waals surface area contributed by atoms with Gasteiger partial charge in [0.15, 0.2) is 5.82 Å². The minimum Gasteiger partial charge on any atom is -0.488 e. The van der Waals surface area contributed by atoms with E-state index in [4.69, 9.17) is 16.3 Å². The van der Waals surface area contributed by atoms with Gasteiger partial charge in [0, 0.05) is 6.20 Å². The van der Waals surface area contributed by atoms with Crippen LogP contribution in [-0.4, -0.2) is 50.9 Å². The first-order chi connectivity index (χ1) is 17.0. The number of benzene rings is 1. The van der Waals surface area contributed by atoms with Crippen LogP contribution in [0.2, 0.25) is 5.02 Å². The minimum atomic E-state index is 0.303. The maximum atomic E-state index is 6.44. The topological polar surface area (TPSA) is 80.1 Å². The van der Waals surface area contributed by atoms with Crippen molar-refractivity contribution < 1.29 is 4.74 Å². The van der Waals surface area contributed by atoms with E-state index in [0.29, 0.717) is 34.9 Å². The summed E-state index contributed by atoms with van der Waals surface area (Å²) < 4.78 is 8.32. The van der Waals surface area contributed by atoms with Crippen molar-refractivity contribution in [2.45, 2.75) is 63.5 Å². The molecule has 2 N–H and O–H groups in total. The van der Waals surface area contributed by atoms with Crippen molar-refractivity contribution in [1.82, 2.24) is 24.6 Å². The SMILES string of the molecule is Cc1nn(C2CC2)cc1Nc1nc(Nc2ccc(C3CCN(C)CC3)cc2OC2CC2)ncc1Cl. The first-order valence-corrected chi connectivity index (χ1v) is 13.0. The van der Waals surface area contributed by atoms with Crippen LogP contribution < -0.4 is 15.4 Å². The van der Waals surface area contributed by atoms with E-state index in [2.05, 4.69) is 55.8 Å². The lowest BCUT2D eigenvalue weighted by Gasteiger charge is -2.29. The fourth-order valence-corrected chi connectivity index (χ4v) is 4.73. The molecule has 0 spiro atoms. The molecule has 9 heteroatoms. The summed E-state index contributed by atoms with van der Waals surface area (Å²) in [5, 5.41) is 11.8. The molecule has 2 aliphatic carbocycles. The molecular formula is C26H32ClN7O. The summed E-state index contributed by atoms with van der Waals surface area (Å²) in [5.74, 6) is 2.47. The summed E-state index contributed by atoms with van der Waals surface area (Å²) in [5.41, 5.74) is 4.05. The van der Waals surface area contributed by atoms with E-state index >= 15 is 0 Å². The molecule has 1 aliphatic heterocycles. The predicted octanol–water partition coefficient (Wildman–Crippen LogP) is 5.81. The highest BCUT2D eigenvalue weighted by molar-refractivity contribution is 6.32. The van der Waals surface area contributed by atoms with Gasteiger partial charge in [-0.15, -0.1) is 0 Å². The van der Waals surface area contributed by atoms with Crippen LogP contribution in [0.4, 0.5) is 23.1 Å². The van der Waals surface area contributed by atoms with Crippen LogP contribution in [0.25, 0.3) is 0 Å². The van der Waals surface area contributed by atoms with Gasteiger partial charge >= 0.3 is 0 Å². The Hall–Kier alpha value is -2.84. The lowest BCUT2D eigenvalue weighted by atomic mass is 9.89. The molecule has 1 aromatic carbocycles. The monoisotopic (exact) mass is 493 g/mol. The van der Waals surface area contributed by atoms with E-state index in [1.807, 2.05) is 17.8 Å². The van der Waals surface area contributed by atoms with Crippen LogP contribution in [0.5, 0.6) is 5.75 Å². The minimum absolute atomic E-state index is 0.303. The van der Waals surface area contributed by atoms with Crippen molar-refractivity contribution in [1.29, 1.82) is 0 Å². The van der Waals surface area contributed by atoms with E-state index in [1.54, 1.807) is 6.20 Å². The molecule has 184 valence electrons. The Morgan fingerprint density at radius 2 is 1.83 bits per heavy atom. The second kappa shape index (κ2) is 9.32. The van der Waals surface area contributed by atoms with Crippen molar-refractivity contribution in [3.05, 3.63) is 46.9 Å². The molecule has 3 aromatic rings. The highest BCUT2D eigenvalue weighted by atomic mass is 35.5. The summed E-state index contributed by atoms with van der Waals surface area (Å²) in [4.78, 5) is 11.5. The van der Waals surface area contributed by atoms with Gasteiger partial charge in [-0.05, 0) is 89.2 Å². The highest BCUT2D eigenvalue weighted by Gasteiger charge is 2.27. The maximum absolute atomic E-state index is 6.44. The number of nitrogens with one attached hydrogen (secondary N) is 2. The van der Waals surface area contributed by atoms with E-state index in [1.165, 1.54) is 31.2 Å². The third-order valence-electron chi connectivity index (χ3n) is 7.09. The quantitative estimate of drug-likeness (QED) is 0.410. The number of aromatic nitrogens is 4. The molecule has 3 heterocycles. The van der Waals surface area contributed by atoms with Crippen molar-refractivity contribution in [2.24, 2.45) is 0 Å². The lowest BCUT2D eigenvalue weighted by Crippen LogP contribution is -2.29. The van der Waals surface area contributed by atoms with Crippen LogP contribution in [0.15, 0.2) is 30.6 Å². The second-order valence-corrected chi connectivity index (χ2v) is 10.5. The van der Waals surface area contributed by atoms with Crippen LogP contribution >= 0.6 is 11.6 Å². The van der Waals surface area contributed by atoms with Crippen molar-refractivity contribution >= 4 is 34.7 Å². The number of aryl methyl sites for hydroxylation is 1. The van der Waals surface area contributed by atoms with Crippen LogP contribution in [0.3, 0.4) is 0 Å². The van der Waals surface area contributed by atoms with Crippen LogP contribution in [-0.2, 0) is 0 Å². The number of hydrogen-bond acceptors (Lipinski definition) is 7. The predicted molar refractivity (Wildman–Crippen MR) is 138 cm³/mol. The number of hydrogen-bond donors (Lipinski definition) is 2. The zero-order valence-corrected chi connectivity index (χ0v) is 21.1. The molecule has 6 rings (SSSR count). The van der Waals surface area contributed by atoms with Crippen LogP contribution in [0.1, 0.15) is 61.7 Å². The Morgan fingerprint density at radius 1 is 1.03 bits per heavy atom. The molecule has 8 nitrogen and oxygen atoms in total. The number of nitrogens with zero attached hydrogens (tertiary/aromatic N) is 5. The molecule has 1 saturated heterocycles. The second-order valence-electron chi connectivity index (χ2n) is 10.1. The van der Waals surface area contributed by atoms with Gasteiger partial charge in [-0.1, -0.05) is 17.7 Å². The highest BCUT2D eigenvalue weighted by Crippen LogP contribution is 2.39. The summed E-state index contributed by atoms with van der Waals surface area (Å²) in [6.07, 6.45) is 10.9. The van der Waals surface area contributed by atoms with E-state index in [-0.39, 0.29) is 0 Å². The van der Waals surface area contributed by atoms with E-state index in [9.17, 15) is 0 Å². The molecule has 0 atom stereocenters. The van der Waals surface area contributed by atoms with Crippen molar-refractivity contribution in [3.8, 4) is 5.75 Å². The normalized spacial score (nSPS) is 19.1. The molecule has 0 radical (unpaired) electrons. The fourth-order valence-electron chi connectivity index (χ4n) is 4.59. The zero-order valence-electron chi connectivity index (χ0n) is 20.3. The molecule has 0 unspecified atom stereocenters. The molecule has 2 saturated carbocycles. The Morgan fingerprint density at radius 3 is 2.57 bits per heavy atom. The molecule has 2 aromatic heterocycles. The summed E-state index contributed by atoms with van der Waals surface area (Å²) in [7, 11) is 2.20. The van der Waals surface area contributed by atoms with E-state index < -0.39 is 0 Å². The molecule has 35 heavy (non-hydrogen) atoms. The molecule has 3 aliphatic rings. The first-order valence-electron chi connectivity index (χ1n) is 12.6. The third kappa shape index (κ3) is 5.23. The standard InChI is InChI=1S/C26H32ClN7O/c1-16-23(15-34(32-16)19-4-5-19)29-25-21(27)14-28-26(31-25)30-22-8-3-18(13-24(22)35-20-6-7-20)17-9-11-33(2)12-10-17/h3,8,13-15,17,19-20H,4-7,9-12H2,1-2H3,(H2,28,29,30,31). The number of anilines is 4. The van der Waals surface area contributed by atoms with Gasteiger partial charge in [0.2, 0.25) is 5.95 Å². The Bertz CT molecular complexity index is 1210. The van der Waals surface area contributed by atoms with Gasteiger partial charge in [-0.2, -0.15) is 10.1 Å². The van der Waals surface area contributed by atoms with Gasteiger partial charge in [0.1, 0.15) is 10.8 Å². The zero-order chi connectivity index (χ0) is 23.9. The smallest absolute Gasteiger partial charge is 0.229 e. The lowest BCUT2D eigenvalue weighted by molar-refractivity contribution is 0.254. The van der Waals surface area contributed by atoms with Gasteiger partial charge in [0.25, 0.3) is 0 Å². The number of piperidine rings is 1. The van der Waals surface area contributed by atoms with E-state index in [0.717, 1.165) is 48.7 Å². The van der Waals surface area contributed by atoms with Gasteiger partial charge in [0.05, 0.1) is 35.4 Å². The van der Waals surface area contributed by atoms with Crippen molar-refractivity contribution in [2.75, 3.05) is 30.8 Å². The maximum Gasteiger partial charge on any atom is 0.229 e. The van der Waals surface area contributed by atoms with Crippen LogP contribution in [0, 0.1) is 6.92 Å². The average molecular weight is 494 g/mol. The largest absolute Gasteiger partial charge is 0.488 e.